The highest BCUT2D eigenvalue weighted by atomic mass is 32.2. The molecule has 4 aromatic carbocycles. The van der Waals surface area contributed by atoms with Gasteiger partial charge in [-0.25, -0.2) is 4.79 Å². The number of urea groups is 1. The molecule has 6 nitrogen and oxygen atoms in total. The quantitative estimate of drug-likeness (QED) is 0.181. The highest BCUT2D eigenvalue weighted by molar-refractivity contribution is 8.00. The van der Waals surface area contributed by atoms with Gasteiger partial charge < -0.3 is 16.0 Å². The van der Waals surface area contributed by atoms with Gasteiger partial charge in [0.15, 0.2) is 5.78 Å². The summed E-state index contributed by atoms with van der Waals surface area (Å²) in [5, 5.41) is 8.04. The van der Waals surface area contributed by atoms with Gasteiger partial charge in [0.05, 0.1) is 0 Å². The first-order chi connectivity index (χ1) is 17.5. The van der Waals surface area contributed by atoms with Crippen LogP contribution in [0.1, 0.15) is 28.1 Å². The van der Waals surface area contributed by atoms with Crippen molar-refractivity contribution in [3.63, 3.8) is 0 Å². The predicted molar refractivity (Wildman–Crippen MR) is 146 cm³/mol. The van der Waals surface area contributed by atoms with E-state index < -0.39 is 5.25 Å². The van der Waals surface area contributed by atoms with Crippen LogP contribution in [0.2, 0.25) is 0 Å². The molecule has 180 valence electrons. The number of rotatable bonds is 8. The Balaban J connectivity index is 1.44. The molecule has 0 bridgehead atoms. The number of thioether (sulfide) groups is 1. The molecular weight excluding hydrogens is 470 g/mol. The van der Waals surface area contributed by atoms with Gasteiger partial charge in [-0.1, -0.05) is 48.5 Å². The zero-order valence-corrected chi connectivity index (χ0v) is 20.4. The summed E-state index contributed by atoms with van der Waals surface area (Å²) in [7, 11) is 0. The van der Waals surface area contributed by atoms with Gasteiger partial charge in [-0.15, -0.1) is 11.8 Å². The van der Waals surface area contributed by atoms with Crippen molar-refractivity contribution in [2.24, 2.45) is 0 Å². The van der Waals surface area contributed by atoms with Gasteiger partial charge in [-0.2, -0.15) is 0 Å². The van der Waals surface area contributed by atoms with Gasteiger partial charge in [0.25, 0.3) is 0 Å². The van der Waals surface area contributed by atoms with Gasteiger partial charge in [0.1, 0.15) is 5.25 Å². The van der Waals surface area contributed by atoms with Crippen LogP contribution in [0, 0.1) is 0 Å². The van der Waals surface area contributed by atoms with Crippen molar-refractivity contribution in [1.29, 1.82) is 0 Å². The number of carbonyl (C=O) groups is 3. The third-order valence-corrected chi connectivity index (χ3v) is 6.56. The first-order valence-electron chi connectivity index (χ1n) is 11.3. The van der Waals surface area contributed by atoms with Crippen LogP contribution in [0.25, 0.3) is 0 Å². The summed E-state index contributed by atoms with van der Waals surface area (Å²) in [5.41, 5.74) is 3.42. The Morgan fingerprint density at radius 1 is 0.611 bits per heavy atom. The van der Waals surface area contributed by atoms with Crippen LogP contribution in [0.3, 0.4) is 0 Å². The molecule has 1 atom stereocenters. The number of nitrogens with one attached hydrogen (secondary N) is 3. The number of benzene rings is 4. The molecule has 7 heteroatoms. The number of carbonyl (C=O) groups excluding carboxylic acids is 3. The van der Waals surface area contributed by atoms with Crippen LogP contribution in [0.15, 0.2) is 114 Å². The lowest BCUT2D eigenvalue weighted by Gasteiger charge is -2.17. The van der Waals surface area contributed by atoms with Crippen LogP contribution in [-0.2, 0) is 4.79 Å². The topological polar surface area (TPSA) is 87.3 Å². The van der Waals surface area contributed by atoms with E-state index in [1.807, 2.05) is 72.8 Å². The molecule has 0 heterocycles. The molecular formula is C29H25N3O3S. The second-order valence-corrected chi connectivity index (χ2v) is 9.18. The summed E-state index contributed by atoms with van der Waals surface area (Å²) in [6.45, 7) is 1.51. The first kappa shape index (κ1) is 24.8. The molecule has 0 aliphatic heterocycles. The average Bonchev–Trinajstić information content (AvgIpc) is 2.89. The fourth-order valence-corrected chi connectivity index (χ4v) is 4.49. The number of para-hydroxylation sites is 1. The molecule has 4 aromatic rings. The molecule has 3 N–H and O–H groups in total. The summed E-state index contributed by atoms with van der Waals surface area (Å²) in [6, 6.07) is 32.6. The second-order valence-electron chi connectivity index (χ2n) is 8.00. The molecule has 36 heavy (non-hydrogen) atoms. The van der Waals surface area contributed by atoms with E-state index in [-0.39, 0.29) is 17.7 Å². The zero-order chi connectivity index (χ0) is 25.3. The summed E-state index contributed by atoms with van der Waals surface area (Å²) in [6.07, 6.45) is 0. The maximum Gasteiger partial charge on any atom is 0.323 e. The molecule has 0 fully saturated rings. The van der Waals surface area contributed by atoms with Gasteiger partial charge >= 0.3 is 6.03 Å². The largest absolute Gasteiger partial charge is 0.325 e. The molecule has 0 aliphatic rings. The molecule has 3 amide bonds. The summed E-state index contributed by atoms with van der Waals surface area (Å²) >= 11 is 1.41. The Morgan fingerprint density at radius 3 is 1.69 bits per heavy atom. The van der Waals surface area contributed by atoms with Crippen molar-refractivity contribution in [1.82, 2.24) is 0 Å². The Morgan fingerprint density at radius 2 is 1.11 bits per heavy atom. The highest BCUT2D eigenvalue weighted by Gasteiger charge is 2.22. The molecule has 0 aliphatic carbocycles. The van der Waals surface area contributed by atoms with E-state index >= 15 is 0 Å². The van der Waals surface area contributed by atoms with Crippen molar-refractivity contribution in [3.8, 4) is 0 Å². The molecule has 0 aromatic heterocycles. The standard InChI is InChI=1S/C29H25N3O3S/c1-20(33)21-12-14-24(15-13-21)30-28(34)27(22-8-4-2-5-9-22)36-26-18-16-25(17-19-26)32-29(35)31-23-10-6-3-7-11-23/h2-19,27H,1H3,(H,30,34)(H2,31,32,35). The van der Waals surface area contributed by atoms with Gasteiger partial charge in [-0.05, 0) is 73.2 Å². The summed E-state index contributed by atoms with van der Waals surface area (Å²) in [5.74, 6) is -0.202. The fraction of sp³-hybridized carbons (Fsp3) is 0.0690. The lowest BCUT2D eigenvalue weighted by Crippen LogP contribution is -2.19. The third kappa shape index (κ3) is 6.84. The van der Waals surface area contributed by atoms with E-state index in [1.54, 1.807) is 36.4 Å². The van der Waals surface area contributed by atoms with E-state index in [1.165, 1.54) is 18.7 Å². The maximum absolute atomic E-state index is 13.3. The Hall–Kier alpha value is -4.36. The van der Waals surface area contributed by atoms with Gasteiger partial charge in [-0.3, -0.25) is 9.59 Å². The van der Waals surface area contributed by atoms with Crippen LogP contribution in [0.4, 0.5) is 21.9 Å². The van der Waals surface area contributed by atoms with Crippen molar-refractivity contribution in [2.45, 2.75) is 17.1 Å². The smallest absolute Gasteiger partial charge is 0.323 e. The molecule has 1 unspecified atom stereocenters. The van der Waals surface area contributed by atoms with Gasteiger partial charge in [0, 0.05) is 27.5 Å². The van der Waals surface area contributed by atoms with E-state index in [0.29, 0.717) is 22.6 Å². The number of Topliss-reactive ketones (excluding diaryl/α,β-unsaturated/α-hetero) is 1. The zero-order valence-electron chi connectivity index (χ0n) is 19.6. The van der Waals surface area contributed by atoms with Crippen molar-refractivity contribution < 1.29 is 14.4 Å². The minimum atomic E-state index is -0.501. The maximum atomic E-state index is 13.3. The van der Waals surface area contributed by atoms with E-state index in [0.717, 1.165) is 10.5 Å². The second kappa shape index (κ2) is 11.9. The predicted octanol–water partition coefficient (Wildman–Crippen LogP) is 7.01. The molecule has 0 radical (unpaired) electrons. The van der Waals surface area contributed by atoms with E-state index in [4.69, 9.17) is 0 Å². The van der Waals surface area contributed by atoms with Crippen molar-refractivity contribution in [3.05, 3.63) is 120 Å². The minimum absolute atomic E-state index is 0.0268. The molecule has 0 saturated heterocycles. The number of hydrogen-bond donors (Lipinski definition) is 3. The fourth-order valence-electron chi connectivity index (χ4n) is 3.46. The highest BCUT2D eigenvalue weighted by Crippen LogP contribution is 2.36. The summed E-state index contributed by atoms with van der Waals surface area (Å²) < 4.78 is 0. The summed E-state index contributed by atoms with van der Waals surface area (Å²) in [4.78, 5) is 37.9. The van der Waals surface area contributed by atoms with Crippen LogP contribution >= 0.6 is 11.8 Å². The van der Waals surface area contributed by atoms with Crippen molar-refractivity contribution in [2.75, 3.05) is 16.0 Å². The van der Waals surface area contributed by atoms with Crippen molar-refractivity contribution >= 4 is 46.5 Å². The molecule has 4 rings (SSSR count). The number of hydrogen-bond acceptors (Lipinski definition) is 4. The Bertz CT molecular complexity index is 1330. The lowest BCUT2D eigenvalue weighted by molar-refractivity contribution is -0.115. The van der Waals surface area contributed by atoms with E-state index in [2.05, 4.69) is 16.0 Å². The van der Waals surface area contributed by atoms with Gasteiger partial charge in [0.2, 0.25) is 5.91 Å². The minimum Gasteiger partial charge on any atom is -0.325 e. The Kier molecular flexibility index (Phi) is 8.16. The number of anilines is 3. The van der Waals surface area contributed by atoms with Crippen LogP contribution in [0.5, 0.6) is 0 Å². The normalized spacial score (nSPS) is 11.2. The molecule has 0 spiro atoms. The lowest BCUT2D eigenvalue weighted by atomic mass is 10.1. The van der Waals surface area contributed by atoms with Crippen LogP contribution in [-0.4, -0.2) is 17.7 Å². The first-order valence-corrected chi connectivity index (χ1v) is 12.2. The number of ketones is 1. The SMILES string of the molecule is CC(=O)c1ccc(NC(=O)C(Sc2ccc(NC(=O)Nc3ccccc3)cc2)c2ccccc2)cc1. The average molecular weight is 496 g/mol. The number of amides is 3. The monoisotopic (exact) mass is 495 g/mol. The van der Waals surface area contributed by atoms with E-state index in [9.17, 15) is 14.4 Å². The van der Waals surface area contributed by atoms with Crippen LogP contribution < -0.4 is 16.0 Å². The third-order valence-electron chi connectivity index (χ3n) is 5.30. The Labute approximate surface area is 214 Å². The molecule has 0 saturated carbocycles.